The van der Waals surface area contributed by atoms with E-state index in [4.69, 9.17) is 5.11 Å². The van der Waals surface area contributed by atoms with Crippen molar-refractivity contribution >= 4 is 17.3 Å². The van der Waals surface area contributed by atoms with E-state index in [1.165, 1.54) is 36.4 Å². The van der Waals surface area contributed by atoms with Gasteiger partial charge < -0.3 is 10.2 Å². The Bertz CT molecular complexity index is 805. The smallest absolute Gasteiger partial charge is 0.310 e. The average molecular weight is 372 g/mol. The Labute approximate surface area is 155 Å². The Morgan fingerprint density at radius 2 is 1.41 bits per heavy atom. The molecule has 0 saturated carbocycles. The molecule has 0 bridgehead atoms. The minimum Gasteiger partial charge on any atom is -0.481 e. The van der Waals surface area contributed by atoms with Crippen LogP contribution in [0.5, 0.6) is 0 Å². The summed E-state index contributed by atoms with van der Waals surface area (Å²) < 4.78 is 26.4. The molecule has 2 N–H and O–H groups in total. The first-order valence-electron chi connectivity index (χ1n) is 8.17. The third kappa shape index (κ3) is 6.60. The number of Topliss-reactive ketones (excluding diaryl/α,β-unsaturated/α-hetero) is 1. The first-order chi connectivity index (χ1) is 12.8. The fourth-order valence-electron chi connectivity index (χ4n) is 2.44. The quantitative estimate of drug-likeness (QED) is 0.547. The first kappa shape index (κ1) is 20.2. The van der Waals surface area contributed by atoms with Crippen molar-refractivity contribution in [3.8, 4) is 0 Å². The predicted octanol–water partition coefficient (Wildman–Crippen LogP) is 3.75. The normalized spacial score (nSPS) is 12.0. The molecule has 0 aliphatic carbocycles. The highest BCUT2D eigenvalue weighted by molar-refractivity contribution is 5.95. The summed E-state index contributed by atoms with van der Waals surface area (Å²) in [7, 11) is 0. The summed E-state index contributed by atoms with van der Waals surface area (Å²) in [5.41, 5.74) is 2.03. The summed E-state index contributed by atoms with van der Waals surface area (Å²) in [4.78, 5) is 21.9. The zero-order chi connectivity index (χ0) is 19.8. The number of carbonyl (C=O) groups is 2. The van der Waals surface area contributed by atoms with Gasteiger partial charge in [-0.15, -0.1) is 0 Å². The van der Waals surface area contributed by atoms with Gasteiger partial charge in [0.1, 0.15) is 23.8 Å². The maximum absolute atomic E-state index is 13.2. The van der Waals surface area contributed by atoms with Crippen molar-refractivity contribution in [2.75, 3.05) is 0 Å². The highest BCUT2D eigenvalue weighted by atomic mass is 19.1. The summed E-state index contributed by atoms with van der Waals surface area (Å²) >= 11 is 0. The molecule has 0 amide bonds. The number of aliphatic hydroxyl groups is 1. The van der Waals surface area contributed by atoms with Gasteiger partial charge in [-0.2, -0.15) is 0 Å². The van der Waals surface area contributed by atoms with Gasteiger partial charge in [-0.3, -0.25) is 9.59 Å². The van der Waals surface area contributed by atoms with Crippen LogP contribution in [0.15, 0.2) is 66.8 Å². The fourth-order valence-corrected chi connectivity index (χ4v) is 2.44. The van der Waals surface area contributed by atoms with Crippen LogP contribution in [0.4, 0.5) is 8.78 Å². The van der Waals surface area contributed by atoms with E-state index in [0.29, 0.717) is 16.7 Å². The predicted molar refractivity (Wildman–Crippen MR) is 96.9 cm³/mol. The lowest BCUT2D eigenvalue weighted by Crippen LogP contribution is -2.14. The minimum atomic E-state index is -1.24. The van der Waals surface area contributed by atoms with Crippen LogP contribution in [0.3, 0.4) is 0 Å². The molecular weight excluding hydrogens is 354 g/mol. The molecule has 0 aliphatic heterocycles. The highest BCUT2D eigenvalue weighted by Crippen LogP contribution is 2.24. The highest BCUT2D eigenvalue weighted by Gasteiger charge is 2.11. The monoisotopic (exact) mass is 372 g/mol. The maximum Gasteiger partial charge on any atom is 0.310 e. The van der Waals surface area contributed by atoms with Gasteiger partial charge in [-0.05, 0) is 41.0 Å². The summed E-state index contributed by atoms with van der Waals surface area (Å²) in [6.45, 7) is 0. The topological polar surface area (TPSA) is 74.6 Å². The fraction of sp³-hybridized carbons (Fsp3) is 0.143. The summed E-state index contributed by atoms with van der Waals surface area (Å²) in [6.07, 6.45) is 2.44. The second-order valence-electron chi connectivity index (χ2n) is 5.86. The molecule has 6 heteroatoms. The molecule has 1 unspecified atom stereocenters. The molecule has 0 fully saturated rings. The summed E-state index contributed by atoms with van der Waals surface area (Å²) in [5.74, 6) is -2.60. The van der Waals surface area contributed by atoms with Gasteiger partial charge in [0.2, 0.25) is 0 Å². The third-order valence-electron chi connectivity index (χ3n) is 3.69. The molecule has 2 aromatic carbocycles. The summed E-state index contributed by atoms with van der Waals surface area (Å²) in [6, 6.07) is 11.5. The van der Waals surface area contributed by atoms with E-state index in [1.54, 1.807) is 30.3 Å². The number of hydrogen-bond donors (Lipinski definition) is 2. The van der Waals surface area contributed by atoms with Crippen molar-refractivity contribution in [1.29, 1.82) is 0 Å². The number of carbonyl (C=O) groups excluding carboxylic acids is 1. The largest absolute Gasteiger partial charge is 0.481 e. The number of carboxylic acids is 1. The molecule has 2 aromatic rings. The number of hydrogen-bond acceptors (Lipinski definition) is 3. The Hall–Kier alpha value is -3.12. The molecule has 0 aliphatic rings. The number of halogens is 2. The van der Waals surface area contributed by atoms with Gasteiger partial charge in [0.05, 0.1) is 6.10 Å². The molecule has 4 nitrogen and oxygen atoms in total. The number of aliphatic hydroxyl groups excluding tert-OH is 1. The maximum atomic E-state index is 13.2. The van der Waals surface area contributed by atoms with E-state index in [1.807, 2.05) is 0 Å². The second kappa shape index (κ2) is 9.54. The van der Waals surface area contributed by atoms with Crippen LogP contribution in [0, 0.1) is 11.6 Å². The molecule has 0 radical (unpaired) electrons. The number of allylic oxidation sites excluding steroid dienone is 2. The lowest BCUT2D eigenvalue weighted by atomic mass is 9.97. The van der Waals surface area contributed by atoms with E-state index < -0.39 is 24.3 Å². The first-order valence-corrected chi connectivity index (χ1v) is 8.17. The van der Waals surface area contributed by atoms with Crippen molar-refractivity contribution in [2.45, 2.75) is 18.9 Å². The SMILES string of the molecule is O=C(O)CC(=O)CC(O)/C=C/C=C(c1ccc(F)cc1)c1ccc(F)cc1. The molecule has 0 saturated heterocycles. The van der Waals surface area contributed by atoms with Crippen molar-refractivity contribution in [1.82, 2.24) is 0 Å². The Morgan fingerprint density at radius 1 is 0.926 bits per heavy atom. The lowest BCUT2D eigenvalue weighted by molar-refractivity contribution is -0.140. The molecular formula is C21H18F2O4. The zero-order valence-electron chi connectivity index (χ0n) is 14.3. The van der Waals surface area contributed by atoms with E-state index in [2.05, 4.69) is 0 Å². The number of rotatable bonds is 8. The van der Waals surface area contributed by atoms with Crippen LogP contribution in [-0.4, -0.2) is 28.1 Å². The summed E-state index contributed by atoms with van der Waals surface area (Å²) in [5, 5.41) is 18.4. The number of carboxylic acid groups (broad SMARTS) is 1. The minimum absolute atomic E-state index is 0.306. The van der Waals surface area contributed by atoms with Crippen molar-refractivity contribution in [2.24, 2.45) is 0 Å². The number of ketones is 1. The molecule has 1 atom stereocenters. The third-order valence-corrected chi connectivity index (χ3v) is 3.69. The van der Waals surface area contributed by atoms with Gasteiger partial charge >= 0.3 is 5.97 Å². The number of benzene rings is 2. The van der Waals surface area contributed by atoms with Gasteiger partial charge in [0, 0.05) is 6.42 Å². The molecule has 0 spiro atoms. The molecule has 2 rings (SSSR count). The van der Waals surface area contributed by atoms with Gasteiger partial charge in [0.15, 0.2) is 0 Å². The molecule has 0 heterocycles. The zero-order valence-corrected chi connectivity index (χ0v) is 14.3. The van der Waals surface area contributed by atoms with Crippen molar-refractivity contribution < 1.29 is 28.6 Å². The second-order valence-corrected chi connectivity index (χ2v) is 5.86. The van der Waals surface area contributed by atoms with E-state index in [-0.39, 0.29) is 18.1 Å². The van der Waals surface area contributed by atoms with Crippen molar-refractivity contribution in [3.63, 3.8) is 0 Å². The number of aliphatic carboxylic acids is 1. The van der Waals surface area contributed by atoms with Crippen LogP contribution in [0.1, 0.15) is 24.0 Å². The van der Waals surface area contributed by atoms with Crippen LogP contribution in [0.25, 0.3) is 5.57 Å². The van der Waals surface area contributed by atoms with Crippen LogP contribution < -0.4 is 0 Å². The van der Waals surface area contributed by atoms with E-state index in [0.717, 1.165) is 0 Å². The van der Waals surface area contributed by atoms with Crippen LogP contribution >= 0.6 is 0 Å². The van der Waals surface area contributed by atoms with Crippen LogP contribution in [0.2, 0.25) is 0 Å². The van der Waals surface area contributed by atoms with E-state index >= 15 is 0 Å². The Balaban J connectivity index is 2.22. The Morgan fingerprint density at radius 3 is 1.85 bits per heavy atom. The van der Waals surface area contributed by atoms with Gasteiger partial charge in [-0.1, -0.05) is 42.5 Å². The van der Waals surface area contributed by atoms with E-state index in [9.17, 15) is 23.5 Å². The van der Waals surface area contributed by atoms with Crippen molar-refractivity contribution in [3.05, 3.63) is 89.5 Å². The Kier molecular flexibility index (Phi) is 7.14. The molecule has 27 heavy (non-hydrogen) atoms. The van der Waals surface area contributed by atoms with Gasteiger partial charge in [-0.25, -0.2) is 8.78 Å². The van der Waals surface area contributed by atoms with Crippen LogP contribution in [-0.2, 0) is 9.59 Å². The standard InChI is InChI=1S/C21H18F2O4/c22-16-8-4-14(5-9-16)20(15-6-10-17(23)11-7-15)3-1-2-18(24)12-19(25)13-21(26)27/h1-11,18,24H,12-13H2,(H,26,27)/b2-1+. The van der Waals surface area contributed by atoms with Gasteiger partial charge in [0.25, 0.3) is 0 Å². The molecule has 140 valence electrons. The lowest BCUT2D eigenvalue weighted by Gasteiger charge is -2.08. The average Bonchev–Trinajstić information content (AvgIpc) is 2.60. The molecule has 0 aromatic heterocycles.